The van der Waals surface area contributed by atoms with Crippen molar-refractivity contribution in [3.63, 3.8) is 0 Å². The minimum atomic E-state index is 0.579. The lowest BCUT2D eigenvalue weighted by molar-refractivity contribution is 1.09. The van der Waals surface area contributed by atoms with E-state index in [9.17, 15) is 0 Å². The average molecular weight is 198 g/mol. The molecule has 1 rings (SSSR count). The smallest absolute Gasteiger partial charge is 0.0494 e. The fourth-order valence-corrected chi connectivity index (χ4v) is 1.99. The molecule has 0 spiro atoms. The number of alkyl halides is 1. The summed E-state index contributed by atoms with van der Waals surface area (Å²) in [4.78, 5) is 2.12. The van der Waals surface area contributed by atoms with Crippen LogP contribution in [0.1, 0.15) is 16.7 Å². The Labute approximate surface area is 85.3 Å². The minimum Gasteiger partial charge on any atom is -0.377 e. The van der Waals surface area contributed by atoms with Gasteiger partial charge in [0, 0.05) is 25.7 Å². The first-order chi connectivity index (χ1) is 6.06. The van der Waals surface area contributed by atoms with Gasteiger partial charge in [0.15, 0.2) is 0 Å². The van der Waals surface area contributed by atoms with Crippen molar-refractivity contribution < 1.29 is 0 Å². The van der Waals surface area contributed by atoms with E-state index in [-0.39, 0.29) is 0 Å². The molecular formula is C11H16ClN. The van der Waals surface area contributed by atoms with Gasteiger partial charge in [-0.3, -0.25) is 0 Å². The van der Waals surface area contributed by atoms with Crippen LogP contribution in [-0.4, -0.2) is 14.1 Å². The van der Waals surface area contributed by atoms with Crippen molar-refractivity contribution in [2.24, 2.45) is 0 Å². The molecule has 0 aliphatic heterocycles. The second kappa shape index (κ2) is 4.01. The number of benzene rings is 1. The van der Waals surface area contributed by atoms with E-state index in [1.54, 1.807) is 0 Å². The third kappa shape index (κ3) is 2.16. The topological polar surface area (TPSA) is 3.24 Å². The Morgan fingerprint density at radius 2 is 1.85 bits per heavy atom. The molecule has 0 N–H and O–H groups in total. The minimum absolute atomic E-state index is 0.579. The third-order valence-corrected chi connectivity index (χ3v) is 2.40. The lowest BCUT2D eigenvalue weighted by Gasteiger charge is -2.19. The van der Waals surface area contributed by atoms with Crippen LogP contribution in [0.4, 0.5) is 5.69 Å². The van der Waals surface area contributed by atoms with Crippen LogP contribution in [0.2, 0.25) is 0 Å². The number of nitrogens with zero attached hydrogens (tertiary/aromatic N) is 1. The van der Waals surface area contributed by atoms with Gasteiger partial charge in [-0.25, -0.2) is 0 Å². The highest BCUT2D eigenvalue weighted by molar-refractivity contribution is 6.17. The molecule has 0 heterocycles. The number of rotatable bonds is 2. The van der Waals surface area contributed by atoms with Crippen LogP contribution in [0.5, 0.6) is 0 Å². The molecule has 1 aromatic rings. The first kappa shape index (κ1) is 10.4. The van der Waals surface area contributed by atoms with Crippen molar-refractivity contribution in [1.82, 2.24) is 0 Å². The normalized spacial score (nSPS) is 10.2. The van der Waals surface area contributed by atoms with Gasteiger partial charge in [0.2, 0.25) is 0 Å². The van der Waals surface area contributed by atoms with E-state index in [0.717, 1.165) is 0 Å². The highest BCUT2D eigenvalue weighted by Gasteiger charge is 2.07. The summed E-state index contributed by atoms with van der Waals surface area (Å²) in [7, 11) is 4.10. The zero-order valence-corrected chi connectivity index (χ0v) is 9.44. The van der Waals surface area contributed by atoms with E-state index >= 15 is 0 Å². The molecule has 0 amide bonds. The van der Waals surface area contributed by atoms with Crippen molar-refractivity contribution in [3.8, 4) is 0 Å². The van der Waals surface area contributed by atoms with E-state index < -0.39 is 0 Å². The van der Waals surface area contributed by atoms with Crippen molar-refractivity contribution in [2.75, 3.05) is 19.0 Å². The van der Waals surface area contributed by atoms with Gasteiger partial charge in [0.1, 0.15) is 0 Å². The van der Waals surface area contributed by atoms with E-state index in [4.69, 9.17) is 11.6 Å². The molecule has 0 aliphatic carbocycles. The summed E-state index contributed by atoms with van der Waals surface area (Å²) in [5.74, 6) is 0.579. The van der Waals surface area contributed by atoms with Gasteiger partial charge in [-0.05, 0) is 25.0 Å². The van der Waals surface area contributed by atoms with Crippen molar-refractivity contribution in [2.45, 2.75) is 19.7 Å². The summed E-state index contributed by atoms with van der Waals surface area (Å²) in [6, 6.07) is 4.33. The van der Waals surface area contributed by atoms with Crippen LogP contribution >= 0.6 is 11.6 Å². The largest absolute Gasteiger partial charge is 0.377 e. The van der Waals surface area contributed by atoms with E-state index in [1.807, 2.05) is 14.1 Å². The van der Waals surface area contributed by atoms with Gasteiger partial charge in [-0.15, -0.1) is 11.6 Å². The molecule has 0 fully saturated rings. The fraction of sp³-hybridized carbons (Fsp3) is 0.455. The Bertz CT molecular complexity index is 305. The molecule has 0 saturated heterocycles. The lowest BCUT2D eigenvalue weighted by Crippen LogP contribution is -2.12. The maximum atomic E-state index is 5.89. The molecule has 0 bridgehead atoms. The first-order valence-electron chi connectivity index (χ1n) is 4.39. The summed E-state index contributed by atoms with van der Waals surface area (Å²) in [6.45, 7) is 4.22. The highest BCUT2D eigenvalue weighted by atomic mass is 35.5. The molecule has 72 valence electrons. The zero-order chi connectivity index (χ0) is 10.0. The van der Waals surface area contributed by atoms with E-state index in [1.165, 1.54) is 22.4 Å². The van der Waals surface area contributed by atoms with Crippen LogP contribution in [0.25, 0.3) is 0 Å². The number of hydrogen-bond acceptors (Lipinski definition) is 1. The second-order valence-corrected chi connectivity index (χ2v) is 3.88. The molecule has 0 aliphatic rings. The average Bonchev–Trinajstić information content (AvgIpc) is 2.01. The SMILES string of the molecule is Cc1cc(C)c(N(C)C)c(CCl)c1. The predicted molar refractivity (Wildman–Crippen MR) is 59.8 cm³/mol. The maximum absolute atomic E-state index is 5.89. The number of halogens is 1. The zero-order valence-electron chi connectivity index (χ0n) is 8.69. The maximum Gasteiger partial charge on any atom is 0.0494 e. The molecule has 0 saturated carbocycles. The molecule has 0 unspecified atom stereocenters. The van der Waals surface area contributed by atoms with Crippen molar-refractivity contribution in [1.29, 1.82) is 0 Å². The second-order valence-electron chi connectivity index (χ2n) is 3.62. The van der Waals surface area contributed by atoms with Gasteiger partial charge in [0.25, 0.3) is 0 Å². The van der Waals surface area contributed by atoms with Crippen LogP contribution in [0.15, 0.2) is 12.1 Å². The summed E-state index contributed by atoms with van der Waals surface area (Å²) >= 11 is 5.89. The predicted octanol–water partition coefficient (Wildman–Crippen LogP) is 3.11. The Hall–Kier alpha value is -0.690. The quantitative estimate of drug-likeness (QED) is 0.659. The van der Waals surface area contributed by atoms with Crippen LogP contribution in [-0.2, 0) is 5.88 Å². The Kier molecular flexibility index (Phi) is 3.21. The molecule has 0 aromatic heterocycles. The fourth-order valence-electron chi connectivity index (χ4n) is 1.79. The number of anilines is 1. The van der Waals surface area contributed by atoms with Gasteiger partial charge in [-0.1, -0.05) is 17.7 Å². The highest BCUT2D eigenvalue weighted by Crippen LogP contribution is 2.26. The van der Waals surface area contributed by atoms with Gasteiger partial charge >= 0.3 is 0 Å². The monoisotopic (exact) mass is 197 g/mol. The van der Waals surface area contributed by atoms with Crippen molar-refractivity contribution in [3.05, 3.63) is 28.8 Å². The lowest BCUT2D eigenvalue weighted by atomic mass is 10.0. The molecular weight excluding hydrogens is 182 g/mol. The number of hydrogen-bond donors (Lipinski definition) is 0. The van der Waals surface area contributed by atoms with E-state index in [0.29, 0.717) is 5.88 Å². The Balaban J connectivity index is 3.30. The van der Waals surface area contributed by atoms with Gasteiger partial charge in [0.05, 0.1) is 0 Å². The first-order valence-corrected chi connectivity index (χ1v) is 4.93. The summed E-state index contributed by atoms with van der Waals surface area (Å²) in [5, 5.41) is 0. The molecule has 1 nitrogen and oxygen atoms in total. The van der Waals surface area contributed by atoms with Crippen molar-refractivity contribution >= 4 is 17.3 Å². The molecule has 0 radical (unpaired) electrons. The van der Waals surface area contributed by atoms with Gasteiger partial charge < -0.3 is 4.90 Å². The standard InChI is InChI=1S/C11H16ClN/c1-8-5-9(2)11(13(3)4)10(6-8)7-12/h5-6H,7H2,1-4H3. The van der Waals surface area contributed by atoms with E-state index in [2.05, 4.69) is 30.9 Å². The van der Waals surface area contributed by atoms with Crippen LogP contribution in [0.3, 0.4) is 0 Å². The number of aryl methyl sites for hydroxylation is 2. The van der Waals surface area contributed by atoms with Crippen LogP contribution < -0.4 is 4.90 Å². The summed E-state index contributed by atoms with van der Waals surface area (Å²) < 4.78 is 0. The molecule has 2 heteroatoms. The van der Waals surface area contributed by atoms with Crippen LogP contribution in [0, 0.1) is 13.8 Å². The van der Waals surface area contributed by atoms with Gasteiger partial charge in [-0.2, -0.15) is 0 Å². The molecule has 0 atom stereocenters. The summed E-state index contributed by atoms with van der Waals surface area (Å²) in [5.41, 5.74) is 5.03. The Morgan fingerprint density at radius 1 is 1.23 bits per heavy atom. The summed E-state index contributed by atoms with van der Waals surface area (Å²) in [6.07, 6.45) is 0. The Morgan fingerprint density at radius 3 is 2.31 bits per heavy atom. The molecule has 13 heavy (non-hydrogen) atoms. The third-order valence-electron chi connectivity index (χ3n) is 2.11. The molecule has 1 aromatic carbocycles.